The minimum Gasteiger partial charge on any atom is -0.389 e. The molecule has 1 aliphatic carbocycles. The molecule has 0 amide bonds. The van der Waals surface area contributed by atoms with Gasteiger partial charge in [-0.15, -0.1) is 0 Å². The van der Waals surface area contributed by atoms with E-state index in [1.807, 2.05) is 0 Å². The molecule has 1 saturated carbocycles. The van der Waals surface area contributed by atoms with Crippen molar-refractivity contribution in [2.24, 2.45) is 5.92 Å². The summed E-state index contributed by atoms with van der Waals surface area (Å²) in [7, 11) is 0. The maximum Gasteiger partial charge on any atom is 0.351 e. The summed E-state index contributed by atoms with van der Waals surface area (Å²) >= 11 is 0. The van der Waals surface area contributed by atoms with Gasteiger partial charge in [0.05, 0.1) is 12.0 Å². The van der Waals surface area contributed by atoms with Gasteiger partial charge in [0.1, 0.15) is 23.7 Å². The zero-order chi connectivity index (χ0) is 14.0. The summed E-state index contributed by atoms with van der Waals surface area (Å²) < 4.78 is 19.5. The van der Waals surface area contributed by atoms with Gasteiger partial charge < -0.3 is 20.7 Å². The second-order valence-electron chi connectivity index (χ2n) is 5.25. The number of aliphatic hydroxyl groups is 2. The van der Waals surface area contributed by atoms with Crippen molar-refractivity contribution in [3.05, 3.63) is 22.7 Å². The summed E-state index contributed by atoms with van der Waals surface area (Å²) in [5, 5.41) is 20.1. The van der Waals surface area contributed by atoms with Crippen molar-refractivity contribution < 1.29 is 19.3 Å². The molecule has 2 aliphatic rings. The van der Waals surface area contributed by atoms with E-state index in [0.29, 0.717) is 0 Å². The maximum atomic E-state index is 13.1. The normalized spacial score (nSPS) is 44.1. The summed E-state index contributed by atoms with van der Waals surface area (Å²) in [6, 6.07) is 1.38. The van der Waals surface area contributed by atoms with Crippen LogP contribution in [0.4, 0.5) is 10.2 Å². The van der Waals surface area contributed by atoms with E-state index in [-0.39, 0.29) is 5.82 Å². The molecule has 19 heavy (non-hydrogen) atoms. The Balaban J connectivity index is 2.02. The highest BCUT2D eigenvalue weighted by molar-refractivity contribution is 5.28. The molecule has 1 saturated heterocycles. The molecule has 0 radical (unpaired) electrons. The van der Waals surface area contributed by atoms with Crippen LogP contribution in [0.2, 0.25) is 0 Å². The van der Waals surface area contributed by atoms with Gasteiger partial charge in [0, 0.05) is 6.20 Å². The fourth-order valence-corrected chi connectivity index (χ4v) is 2.97. The number of halogens is 1. The number of rotatable bonds is 2. The number of alkyl halides is 1. The van der Waals surface area contributed by atoms with Crippen LogP contribution in [0.5, 0.6) is 0 Å². The lowest BCUT2D eigenvalue weighted by molar-refractivity contribution is -0.147. The molecule has 8 heteroatoms. The summed E-state index contributed by atoms with van der Waals surface area (Å²) in [5.74, 6) is -0.719. The average molecular weight is 271 g/mol. The Morgan fingerprint density at radius 1 is 1.68 bits per heavy atom. The van der Waals surface area contributed by atoms with Gasteiger partial charge in [-0.2, -0.15) is 4.98 Å². The van der Waals surface area contributed by atoms with Crippen LogP contribution in [-0.2, 0) is 4.74 Å². The number of aliphatic hydroxyl groups excluding tert-OH is 1. The van der Waals surface area contributed by atoms with E-state index in [4.69, 9.17) is 10.5 Å². The van der Waals surface area contributed by atoms with Crippen LogP contribution in [0.15, 0.2) is 17.1 Å². The van der Waals surface area contributed by atoms with Crippen molar-refractivity contribution in [2.45, 2.75) is 30.5 Å². The lowest BCUT2D eigenvalue weighted by Gasteiger charge is -2.29. The van der Waals surface area contributed by atoms with Crippen molar-refractivity contribution in [1.82, 2.24) is 9.55 Å². The molecule has 2 fully saturated rings. The van der Waals surface area contributed by atoms with E-state index in [9.17, 15) is 19.4 Å². The SMILES string of the molecule is CC1(O)C(n2ccc(N)nc2=O)OC2(CF)C(O)C12. The molecule has 3 rings (SSSR count). The number of hydrogen-bond acceptors (Lipinski definition) is 6. The van der Waals surface area contributed by atoms with Crippen LogP contribution >= 0.6 is 0 Å². The number of hydrogen-bond donors (Lipinski definition) is 3. The third-order valence-electron chi connectivity index (χ3n) is 4.01. The van der Waals surface area contributed by atoms with Crippen molar-refractivity contribution in [2.75, 3.05) is 12.4 Å². The molecule has 1 aliphatic heterocycles. The van der Waals surface area contributed by atoms with Crippen LogP contribution < -0.4 is 11.4 Å². The Bertz CT molecular complexity index is 590. The topological polar surface area (TPSA) is 111 Å². The van der Waals surface area contributed by atoms with Crippen molar-refractivity contribution in [3.63, 3.8) is 0 Å². The van der Waals surface area contributed by atoms with Crippen LogP contribution in [0.3, 0.4) is 0 Å². The van der Waals surface area contributed by atoms with E-state index in [2.05, 4.69) is 4.98 Å². The van der Waals surface area contributed by atoms with Gasteiger partial charge in [-0.1, -0.05) is 0 Å². The Labute approximate surface area is 107 Å². The second-order valence-corrected chi connectivity index (χ2v) is 5.25. The number of fused-ring (bicyclic) bond motifs is 1. The molecule has 0 bridgehead atoms. The summed E-state index contributed by atoms with van der Waals surface area (Å²) in [5.41, 5.74) is 1.69. The first kappa shape index (κ1) is 12.5. The smallest absolute Gasteiger partial charge is 0.351 e. The average Bonchev–Trinajstić information content (AvgIpc) is 2.83. The first-order valence-electron chi connectivity index (χ1n) is 5.83. The predicted octanol–water partition coefficient (Wildman–Crippen LogP) is -1.20. The first-order valence-corrected chi connectivity index (χ1v) is 5.83. The van der Waals surface area contributed by atoms with Gasteiger partial charge in [-0.05, 0) is 13.0 Å². The molecule has 0 spiro atoms. The third kappa shape index (κ3) is 1.41. The van der Waals surface area contributed by atoms with Crippen molar-refractivity contribution in [3.8, 4) is 0 Å². The lowest BCUT2D eigenvalue weighted by Crippen LogP contribution is -2.43. The number of anilines is 1. The fourth-order valence-electron chi connectivity index (χ4n) is 2.97. The Morgan fingerprint density at radius 3 is 2.89 bits per heavy atom. The van der Waals surface area contributed by atoms with Crippen LogP contribution in [0.25, 0.3) is 0 Å². The molecule has 1 aromatic rings. The Kier molecular flexibility index (Phi) is 2.32. The molecule has 4 N–H and O–H groups in total. The highest BCUT2D eigenvalue weighted by Gasteiger charge is 2.80. The highest BCUT2D eigenvalue weighted by Crippen LogP contribution is 2.63. The predicted molar refractivity (Wildman–Crippen MR) is 61.9 cm³/mol. The van der Waals surface area contributed by atoms with Gasteiger partial charge in [0.15, 0.2) is 6.23 Å². The quantitative estimate of drug-likeness (QED) is 0.623. The molecule has 104 valence electrons. The largest absolute Gasteiger partial charge is 0.389 e. The van der Waals surface area contributed by atoms with Crippen molar-refractivity contribution >= 4 is 5.82 Å². The number of nitrogen functional groups attached to an aromatic ring is 1. The van der Waals surface area contributed by atoms with Gasteiger partial charge in [-0.25, -0.2) is 9.18 Å². The molecule has 5 unspecified atom stereocenters. The molecule has 1 aromatic heterocycles. The lowest BCUT2D eigenvalue weighted by atomic mass is 9.98. The Morgan fingerprint density at radius 2 is 2.37 bits per heavy atom. The van der Waals surface area contributed by atoms with E-state index in [0.717, 1.165) is 4.57 Å². The number of ether oxygens (including phenoxy) is 1. The fraction of sp³-hybridized carbons (Fsp3) is 0.636. The minimum absolute atomic E-state index is 0.0456. The molecular weight excluding hydrogens is 257 g/mol. The van der Waals surface area contributed by atoms with Crippen LogP contribution in [-0.4, -0.2) is 43.7 Å². The molecule has 0 aromatic carbocycles. The van der Waals surface area contributed by atoms with Crippen molar-refractivity contribution in [1.29, 1.82) is 0 Å². The summed E-state index contributed by atoms with van der Waals surface area (Å²) in [6.45, 7) is 0.474. The summed E-state index contributed by atoms with van der Waals surface area (Å²) in [4.78, 5) is 15.3. The highest BCUT2D eigenvalue weighted by atomic mass is 19.1. The molecular formula is C11H14FN3O4. The zero-order valence-electron chi connectivity index (χ0n) is 10.2. The van der Waals surface area contributed by atoms with Gasteiger partial charge >= 0.3 is 5.69 Å². The first-order chi connectivity index (χ1) is 8.84. The Hall–Kier alpha value is -1.51. The number of aromatic nitrogens is 2. The van der Waals surface area contributed by atoms with Gasteiger partial charge in [0.2, 0.25) is 0 Å². The van der Waals surface area contributed by atoms with E-state index < -0.39 is 41.8 Å². The maximum absolute atomic E-state index is 13.1. The standard InChI is InChI=1S/C11H14FN3O4/c1-10(18)6-7(16)11(6,4-12)19-8(10)15-3-2-5(13)14-9(15)17/h2-3,6-8,16,18H,4H2,1H3,(H2,13,14,17). The van der Waals surface area contributed by atoms with Gasteiger partial charge in [0.25, 0.3) is 0 Å². The zero-order valence-corrected chi connectivity index (χ0v) is 10.2. The van der Waals surface area contributed by atoms with E-state index >= 15 is 0 Å². The molecule has 5 atom stereocenters. The molecule has 2 heterocycles. The minimum atomic E-state index is -1.56. The number of nitrogens with two attached hydrogens (primary N) is 1. The number of nitrogens with zero attached hydrogens (tertiary/aromatic N) is 2. The molecule has 7 nitrogen and oxygen atoms in total. The van der Waals surface area contributed by atoms with E-state index in [1.54, 1.807) is 0 Å². The van der Waals surface area contributed by atoms with Crippen LogP contribution in [0, 0.1) is 5.92 Å². The summed E-state index contributed by atoms with van der Waals surface area (Å²) in [6.07, 6.45) is -0.842. The van der Waals surface area contributed by atoms with E-state index in [1.165, 1.54) is 19.2 Å². The van der Waals surface area contributed by atoms with Crippen LogP contribution in [0.1, 0.15) is 13.2 Å². The van der Waals surface area contributed by atoms with Gasteiger partial charge in [-0.3, -0.25) is 4.57 Å². The third-order valence-corrected chi connectivity index (χ3v) is 4.01. The second kappa shape index (κ2) is 3.53. The monoisotopic (exact) mass is 271 g/mol.